The van der Waals surface area contributed by atoms with Crippen molar-refractivity contribution in [1.29, 1.82) is 0 Å². The Balaban J connectivity index is 4.17. The molecule has 0 aromatic heterocycles. The van der Waals surface area contributed by atoms with E-state index in [4.69, 9.17) is 14.2 Å². The molecule has 0 heterocycles. The van der Waals surface area contributed by atoms with Gasteiger partial charge in [-0.05, 0) is 57.8 Å². The lowest BCUT2D eigenvalue weighted by Gasteiger charge is -2.18. The van der Waals surface area contributed by atoms with Crippen molar-refractivity contribution in [2.75, 3.05) is 13.2 Å². The molecular formula is C74H136O6. The van der Waals surface area contributed by atoms with Crippen LogP contribution in [0.25, 0.3) is 0 Å². The lowest BCUT2D eigenvalue weighted by Crippen LogP contribution is -2.30. The fraction of sp³-hybridized carbons (Fsp3) is 0.851. The van der Waals surface area contributed by atoms with Crippen LogP contribution in [-0.4, -0.2) is 37.2 Å². The van der Waals surface area contributed by atoms with Crippen LogP contribution in [0.5, 0.6) is 0 Å². The minimum absolute atomic E-state index is 0.0711. The lowest BCUT2D eigenvalue weighted by atomic mass is 10.0. The molecule has 6 heteroatoms. The number of hydrogen-bond donors (Lipinski definition) is 0. The number of ether oxygens (including phenoxy) is 3. The first-order valence-electron chi connectivity index (χ1n) is 35.6. The zero-order valence-electron chi connectivity index (χ0n) is 53.9. The van der Waals surface area contributed by atoms with Gasteiger partial charge in [0.2, 0.25) is 0 Å². The van der Waals surface area contributed by atoms with Gasteiger partial charge < -0.3 is 14.2 Å². The molecule has 0 aromatic carbocycles. The quantitative estimate of drug-likeness (QED) is 0.0261. The maximum Gasteiger partial charge on any atom is 0.306 e. The summed E-state index contributed by atoms with van der Waals surface area (Å²) in [5, 5.41) is 0. The third-order valence-electron chi connectivity index (χ3n) is 16.1. The van der Waals surface area contributed by atoms with E-state index in [1.54, 1.807) is 0 Å². The molecule has 0 radical (unpaired) electrons. The van der Waals surface area contributed by atoms with E-state index in [-0.39, 0.29) is 31.1 Å². The summed E-state index contributed by atoms with van der Waals surface area (Å²) in [5.41, 5.74) is 0. The molecule has 80 heavy (non-hydrogen) atoms. The van der Waals surface area contributed by atoms with E-state index in [9.17, 15) is 14.4 Å². The highest BCUT2D eigenvalue weighted by Crippen LogP contribution is 2.19. The molecule has 0 aromatic rings. The fourth-order valence-corrected chi connectivity index (χ4v) is 10.8. The molecular weight excluding hydrogens is 985 g/mol. The summed E-state index contributed by atoms with van der Waals surface area (Å²) in [7, 11) is 0. The topological polar surface area (TPSA) is 78.9 Å². The van der Waals surface area contributed by atoms with Gasteiger partial charge in [-0.15, -0.1) is 0 Å². The van der Waals surface area contributed by atoms with Crippen molar-refractivity contribution in [1.82, 2.24) is 0 Å². The van der Waals surface area contributed by atoms with Gasteiger partial charge in [0, 0.05) is 19.3 Å². The average molecular weight is 1120 g/mol. The second-order valence-electron chi connectivity index (χ2n) is 24.1. The minimum Gasteiger partial charge on any atom is -0.462 e. The molecule has 0 aliphatic carbocycles. The smallest absolute Gasteiger partial charge is 0.306 e. The number of carbonyl (C=O) groups is 3. The highest BCUT2D eigenvalue weighted by Gasteiger charge is 2.19. The van der Waals surface area contributed by atoms with Crippen LogP contribution in [0.3, 0.4) is 0 Å². The number of unbranched alkanes of at least 4 members (excludes halogenated alkanes) is 47. The molecule has 0 saturated heterocycles. The Morgan fingerprint density at radius 3 is 0.762 bits per heavy atom. The molecule has 0 aliphatic heterocycles. The summed E-state index contributed by atoms with van der Waals surface area (Å²) in [4.78, 5) is 38.4. The Kier molecular flexibility index (Phi) is 66.6. The summed E-state index contributed by atoms with van der Waals surface area (Å²) in [6.07, 6.45) is 87.2. The number of hydrogen-bond acceptors (Lipinski definition) is 6. The van der Waals surface area contributed by atoms with Crippen LogP contribution in [-0.2, 0) is 28.6 Å². The van der Waals surface area contributed by atoms with E-state index >= 15 is 0 Å². The zero-order chi connectivity index (χ0) is 57.8. The molecule has 6 nitrogen and oxygen atoms in total. The summed E-state index contributed by atoms with van der Waals surface area (Å²) in [5.74, 6) is -0.853. The van der Waals surface area contributed by atoms with Gasteiger partial charge in [0.1, 0.15) is 13.2 Å². The zero-order valence-corrected chi connectivity index (χ0v) is 53.9. The fourth-order valence-electron chi connectivity index (χ4n) is 10.8. The molecule has 0 bridgehead atoms. The molecule has 0 N–H and O–H groups in total. The van der Waals surface area contributed by atoms with Gasteiger partial charge in [-0.25, -0.2) is 0 Å². The first-order chi connectivity index (χ1) is 39.5. The summed E-state index contributed by atoms with van der Waals surface area (Å²) < 4.78 is 17.0. The monoisotopic (exact) mass is 1120 g/mol. The minimum atomic E-state index is -0.775. The number of carbonyl (C=O) groups excluding carboxylic acids is 3. The number of esters is 3. The van der Waals surface area contributed by atoms with Crippen LogP contribution in [0.2, 0.25) is 0 Å². The first-order valence-corrected chi connectivity index (χ1v) is 35.6. The molecule has 1 unspecified atom stereocenters. The van der Waals surface area contributed by atoms with Gasteiger partial charge in [0.05, 0.1) is 0 Å². The Labute approximate surface area is 498 Å². The van der Waals surface area contributed by atoms with Crippen LogP contribution >= 0.6 is 0 Å². The summed E-state index contributed by atoms with van der Waals surface area (Å²) in [6, 6.07) is 0. The van der Waals surface area contributed by atoms with Crippen LogP contribution in [0, 0.1) is 0 Å². The third-order valence-corrected chi connectivity index (χ3v) is 16.1. The highest BCUT2D eigenvalue weighted by molar-refractivity contribution is 5.71. The SMILES string of the molecule is CC/C=C\C/C=C\C/C=C\C/C=C\CCCCCCCCCCC(=O)OC(COC(=O)CCCCCCCCCCCCCC)COC(=O)CCCCCCCCCCCCCCCCCCCCCCCCCCCCCCC. The number of allylic oxidation sites excluding steroid dienone is 8. The van der Waals surface area contributed by atoms with Crippen molar-refractivity contribution >= 4 is 17.9 Å². The van der Waals surface area contributed by atoms with E-state index in [1.165, 1.54) is 257 Å². The Bertz CT molecular complexity index is 1380. The molecule has 468 valence electrons. The van der Waals surface area contributed by atoms with E-state index in [0.29, 0.717) is 19.3 Å². The van der Waals surface area contributed by atoms with E-state index in [1.807, 2.05) is 0 Å². The van der Waals surface area contributed by atoms with Gasteiger partial charge in [0.15, 0.2) is 6.10 Å². The largest absolute Gasteiger partial charge is 0.462 e. The average Bonchev–Trinajstić information content (AvgIpc) is 3.46. The van der Waals surface area contributed by atoms with Crippen molar-refractivity contribution in [3.63, 3.8) is 0 Å². The van der Waals surface area contributed by atoms with Gasteiger partial charge >= 0.3 is 17.9 Å². The second-order valence-corrected chi connectivity index (χ2v) is 24.1. The predicted octanol–water partition coefficient (Wildman–Crippen LogP) is 24.5. The maximum absolute atomic E-state index is 12.9. The second kappa shape index (κ2) is 68.9. The van der Waals surface area contributed by atoms with Crippen LogP contribution in [0.4, 0.5) is 0 Å². The van der Waals surface area contributed by atoms with Gasteiger partial charge in [-0.3, -0.25) is 14.4 Å². The highest BCUT2D eigenvalue weighted by atomic mass is 16.6. The third kappa shape index (κ3) is 66.2. The predicted molar refractivity (Wildman–Crippen MR) is 349 cm³/mol. The van der Waals surface area contributed by atoms with Crippen LogP contribution in [0.15, 0.2) is 48.6 Å². The lowest BCUT2D eigenvalue weighted by molar-refractivity contribution is -0.167. The van der Waals surface area contributed by atoms with E-state index < -0.39 is 6.10 Å². The van der Waals surface area contributed by atoms with Gasteiger partial charge in [-0.1, -0.05) is 358 Å². The van der Waals surface area contributed by atoms with Gasteiger partial charge in [-0.2, -0.15) is 0 Å². The summed E-state index contributed by atoms with van der Waals surface area (Å²) in [6.45, 7) is 6.59. The van der Waals surface area contributed by atoms with Crippen molar-refractivity contribution in [2.24, 2.45) is 0 Å². The Morgan fingerprint density at radius 1 is 0.263 bits per heavy atom. The molecule has 1 atom stereocenters. The molecule has 0 saturated carbocycles. The van der Waals surface area contributed by atoms with Crippen molar-refractivity contribution in [3.8, 4) is 0 Å². The molecule has 0 fully saturated rings. The molecule has 0 aliphatic rings. The molecule has 0 spiro atoms. The van der Waals surface area contributed by atoms with Crippen molar-refractivity contribution in [2.45, 2.75) is 393 Å². The van der Waals surface area contributed by atoms with Crippen LogP contribution in [0.1, 0.15) is 387 Å². The number of rotatable bonds is 66. The molecule has 0 rings (SSSR count). The Hall–Kier alpha value is -2.63. The summed E-state index contributed by atoms with van der Waals surface area (Å²) >= 11 is 0. The van der Waals surface area contributed by atoms with Crippen molar-refractivity contribution < 1.29 is 28.6 Å². The van der Waals surface area contributed by atoms with Crippen molar-refractivity contribution in [3.05, 3.63) is 48.6 Å². The maximum atomic E-state index is 12.9. The van der Waals surface area contributed by atoms with Crippen LogP contribution < -0.4 is 0 Å². The van der Waals surface area contributed by atoms with E-state index in [2.05, 4.69) is 69.4 Å². The normalized spacial score (nSPS) is 12.3. The standard InChI is InChI=1S/C74H136O6/c1-4-7-10-13-16-19-22-25-27-29-31-33-34-35-36-37-38-39-40-42-43-45-47-49-52-55-58-61-64-67-73(76)79-70-71(69-78-72(75)66-63-60-57-54-51-24-21-18-15-12-9-6-3)80-74(77)68-65-62-59-56-53-50-48-46-44-41-32-30-28-26-23-20-17-14-11-8-5-2/h8,11,17,20,26,28,32,41,71H,4-7,9-10,12-16,18-19,21-25,27,29-31,33-40,42-70H2,1-3H3/b11-8-,20-17-,28-26-,41-32-. The Morgan fingerprint density at radius 2 is 0.487 bits per heavy atom. The van der Waals surface area contributed by atoms with E-state index in [0.717, 1.165) is 89.9 Å². The first kappa shape index (κ1) is 77.4. The van der Waals surface area contributed by atoms with Gasteiger partial charge in [0.25, 0.3) is 0 Å². The molecule has 0 amide bonds.